The summed E-state index contributed by atoms with van der Waals surface area (Å²) in [5, 5.41) is 10.6. The average Bonchev–Trinajstić information content (AvgIpc) is 2.61. The highest BCUT2D eigenvalue weighted by molar-refractivity contribution is 5.22. The van der Waals surface area contributed by atoms with Crippen LogP contribution in [0.5, 0.6) is 0 Å². The zero-order valence-electron chi connectivity index (χ0n) is 10.8. The highest BCUT2D eigenvalue weighted by Crippen LogP contribution is 2.71. The summed E-state index contributed by atoms with van der Waals surface area (Å²) in [4.78, 5) is 0. The van der Waals surface area contributed by atoms with E-state index in [9.17, 15) is 5.11 Å². The molecule has 0 unspecified atom stereocenters. The van der Waals surface area contributed by atoms with Crippen molar-refractivity contribution < 1.29 is 5.11 Å². The van der Waals surface area contributed by atoms with E-state index in [4.69, 9.17) is 0 Å². The van der Waals surface area contributed by atoms with E-state index in [1.165, 1.54) is 18.4 Å². The lowest BCUT2D eigenvalue weighted by molar-refractivity contribution is -0.00137. The van der Waals surface area contributed by atoms with Crippen LogP contribution in [0.25, 0.3) is 0 Å². The van der Waals surface area contributed by atoms with E-state index in [0.717, 1.165) is 24.7 Å². The molecule has 0 bridgehead atoms. The second-order valence-corrected chi connectivity index (χ2v) is 7.18. The van der Waals surface area contributed by atoms with E-state index in [0.29, 0.717) is 17.3 Å². The summed E-state index contributed by atoms with van der Waals surface area (Å²) in [6.07, 6.45) is 4.64. The van der Waals surface area contributed by atoms with Crippen molar-refractivity contribution in [3.05, 3.63) is 12.2 Å². The Balaban J connectivity index is 1.98. The van der Waals surface area contributed by atoms with Gasteiger partial charge in [-0.2, -0.15) is 0 Å². The number of rotatable bonds is 0. The smallest absolute Gasteiger partial charge is 0.0656 e. The van der Waals surface area contributed by atoms with E-state index in [1.807, 2.05) is 0 Å². The van der Waals surface area contributed by atoms with Crippen LogP contribution in [0.2, 0.25) is 0 Å². The van der Waals surface area contributed by atoms with Gasteiger partial charge in [0.1, 0.15) is 0 Å². The zero-order valence-corrected chi connectivity index (χ0v) is 10.8. The minimum absolute atomic E-state index is 0.436. The molecule has 0 amide bonds. The Hall–Kier alpha value is -0.300. The third-order valence-electron chi connectivity index (χ3n) is 5.94. The predicted octanol–water partition coefficient (Wildman–Crippen LogP) is 3.39. The molecule has 1 N–H and O–H groups in total. The molecule has 3 aliphatic rings. The van der Waals surface area contributed by atoms with Crippen molar-refractivity contribution >= 4 is 0 Å². The molecule has 3 rings (SSSR count). The van der Waals surface area contributed by atoms with Crippen LogP contribution in [0.4, 0.5) is 0 Å². The number of hydrogen-bond acceptors (Lipinski definition) is 1. The molecule has 0 heterocycles. The summed E-state index contributed by atoms with van der Waals surface area (Å²) >= 11 is 0. The SMILES string of the molecule is C=C1CC[C@H]2[C@@H]([C@@H]3[C@@H]1CC[C@]3(C)O)C2(C)C. The van der Waals surface area contributed by atoms with Crippen LogP contribution in [0.1, 0.15) is 46.5 Å². The lowest BCUT2D eigenvalue weighted by Crippen LogP contribution is -2.34. The number of fused-ring (bicyclic) bond motifs is 3. The topological polar surface area (TPSA) is 20.2 Å². The highest BCUT2D eigenvalue weighted by atomic mass is 16.3. The van der Waals surface area contributed by atoms with Gasteiger partial charge in [0.2, 0.25) is 0 Å². The molecule has 3 fully saturated rings. The molecule has 1 nitrogen and oxygen atoms in total. The van der Waals surface area contributed by atoms with Crippen molar-refractivity contribution in [3.8, 4) is 0 Å². The quantitative estimate of drug-likeness (QED) is 0.620. The monoisotopic (exact) mass is 220 g/mol. The molecule has 3 aliphatic carbocycles. The number of aliphatic hydroxyl groups is 1. The molecule has 0 aliphatic heterocycles. The molecule has 16 heavy (non-hydrogen) atoms. The van der Waals surface area contributed by atoms with Crippen molar-refractivity contribution in [1.29, 1.82) is 0 Å². The summed E-state index contributed by atoms with van der Waals surface area (Å²) in [6, 6.07) is 0. The van der Waals surface area contributed by atoms with Crippen LogP contribution in [-0.2, 0) is 0 Å². The van der Waals surface area contributed by atoms with Gasteiger partial charge in [0, 0.05) is 0 Å². The lowest BCUT2D eigenvalue weighted by Gasteiger charge is -2.31. The second-order valence-electron chi connectivity index (χ2n) is 7.18. The molecule has 0 saturated heterocycles. The van der Waals surface area contributed by atoms with Gasteiger partial charge in [0.15, 0.2) is 0 Å². The van der Waals surface area contributed by atoms with Crippen LogP contribution in [-0.4, -0.2) is 10.7 Å². The van der Waals surface area contributed by atoms with E-state index < -0.39 is 5.60 Å². The van der Waals surface area contributed by atoms with E-state index >= 15 is 0 Å². The summed E-state index contributed by atoms with van der Waals surface area (Å²) in [7, 11) is 0. The Labute approximate surface area is 98.9 Å². The minimum Gasteiger partial charge on any atom is -0.390 e. The summed E-state index contributed by atoms with van der Waals surface area (Å²) < 4.78 is 0. The van der Waals surface area contributed by atoms with Crippen LogP contribution in [0.3, 0.4) is 0 Å². The van der Waals surface area contributed by atoms with Crippen LogP contribution in [0.15, 0.2) is 12.2 Å². The predicted molar refractivity (Wildman–Crippen MR) is 66.0 cm³/mol. The maximum atomic E-state index is 10.6. The van der Waals surface area contributed by atoms with Gasteiger partial charge in [0.05, 0.1) is 5.60 Å². The van der Waals surface area contributed by atoms with E-state index in [2.05, 4.69) is 27.4 Å². The fourth-order valence-corrected chi connectivity index (χ4v) is 4.90. The van der Waals surface area contributed by atoms with Gasteiger partial charge in [-0.15, -0.1) is 0 Å². The normalized spacial score (nSPS) is 54.1. The molecule has 3 saturated carbocycles. The Morgan fingerprint density at radius 1 is 1.19 bits per heavy atom. The van der Waals surface area contributed by atoms with Crippen LogP contribution in [0, 0.1) is 29.1 Å². The first-order chi connectivity index (χ1) is 7.36. The minimum atomic E-state index is -0.436. The van der Waals surface area contributed by atoms with Crippen molar-refractivity contribution in [2.24, 2.45) is 29.1 Å². The summed E-state index contributed by atoms with van der Waals surface area (Å²) in [6.45, 7) is 11.1. The number of allylic oxidation sites excluding steroid dienone is 1. The first kappa shape index (κ1) is 10.8. The van der Waals surface area contributed by atoms with Gasteiger partial charge in [-0.25, -0.2) is 0 Å². The molecule has 0 radical (unpaired) electrons. The third-order valence-corrected chi connectivity index (χ3v) is 5.94. The molecule has 1 heteroatoms. The van der Waals surface area contributed by atoms with E-state index in [1.54, 1.807) is 0 Å². The Morgan fingerprint density at radius 2 is 1.88 bits per heavy atom. The molecule has 0 aromatic carbocycles. The maximum Gasteiger partial charge on any atom is 0.0656 e. The van der Waals surface area contributed by atoms with Crippen LogP contribution >= 0.6 is 0 Å². The lowest BCUT2D eigenvalue weighted by atomic mass is 9.78. The standard InChI is InChI=1S/C15H24O/c1-9-5-6-11-13(14(11,2)3)12-10(9)7-8-15(12,4)16/h10-13,16H,1,5-8H2,2-4H3/t10-,11+,12+,13+,15+/m1/s1. The first-order valence-corrected chi connectivity index (χ1v) is 6.76. The highest BCUT2D eigenvalue weighted by Gasteiger charge is 2.67. The molecular formula is C15H24O. The van der Waals surface area contributed by atoms with Crippen molar-refractivity contribution in [2.75, 3.05) is 0 Å². The fraction of sp³-hybridized carbons (Fsp3) is 0.867. The van der Waals surface area contributed by atoms with E-state index in [-0.39, 0.29) is 0 Å². The summed E-state index contributed by atoms with van der Waals surface area (Å²) in [5.41, 5.74) is 1.46. The van der Waals surface area contributed by atoms with Gasteiger partial charge in [-0.1, -0.05) is 26.0 Å². The average molecular weight is 220 g/mol. The van der Waals surface area contributed by atoms with Gasteiger partial charge in [-0.05, 0) is 61.7 Å². The zero-order chi connectivity index (χ0) is 11.7. The number of hydrogen-bond donors (Lipinski definition) is 1. The third kappa shape index (κ3) is 1.21. The Kier molecular flexibility index (Phi) is 1.98. The van der Waals surface area contributed by atoms with Crippen molar-refractivity contribution in [2.45, 2.75) is 52.1 Å². The fourth-order valence-electron chi connectivity index (χ4n) is 4.90. The van der Waals surface area contributed by atoms with Crippen molar-refractivity contribution in [3.63, 3.8) is 0 Å². The Bertz CT molecular complexity index is 339. The maximum absolute atomic E-state index is 10.6. The molecular weight excluding hydrogens is 196 g/mol. The second kappa shape index (κ2) is 2.93. The van der Waals surface area contributed by atoms with Gasteiger partial charge >= 0.3 is 0 Å². The van der Waals surface area contributed by atoms with Gasteiger partial charge in [0.25, 0.3) is 0 Å². The Morgan fingerprint density at radius 3 is 2.56 bits per heavy atom. The molecule has 0 spiro atoms. The van der Waals surface area contributed by atoms with Gasteiger partial charge in [-0.3, -0.25) is 0 Å². The molecule has 5 atom stereocenters. The van der Waals surface area contributed by atoms with Crippen molar-refractivity contribution in [1.82, 2.24) is 0 Å². The van der Waals surface area contributed by atoms with Crippen LogP contribution < -0.4 is 0 Å². The largest absolute Gasteiger partial charge is 0.390 e. The molecule has 90 valence electrons. The first-order valence-electron chi connectivity index (χ1n) is 6.76. The summed E-state index contributed by atoms with van der Waals surface area (Å²) in [5.74, 6) is 2.67. The molecule has 0 aromatic rings. The van der Waals surface area contributed by atoms with Gasteiger partial charge < -0.3 is 5.11 Å². The molecule has 0 aromatic heterocycles.